The summed E-state index contributed by atoms with van der Waals surface area (Å²) in [6, 6.07) is 22.0. The van der Waals surface area contributed by atoms with Gasteiger partial charge in [-0.2, -0.15) is 0 Å². The number of allylic oxidation sites excluding steroid dienone is 3. The van der Waals surface area contributed by atoms with Crippen LogP contribution in [-0.4, -0.2) is 40.0 Å². The maximum absolute atomic E-state index is 12.7. The third kappa shape index (κ3) is 7.22. The Labute approximate surface area is 250 Å². The molecule has 3 aromatic carbocycles. The van der Waals surface area contributed by atoms with Crippen LogP contribution < -0.4 is 9.47 Å². The van der Waals surface area contributed by atoms with Gasteiger partial charge in [-0.1, -0.05) is 54.6 Å². The summed E-state index contributed by atoms with van der Waals surface area (Å²) in [4.78, 5) is 31.0. The molecule has 1 amide bonds. The number of carboxylic acids is 1. The van der Waals surface area contributed by atoms with Crippen LogP contribution in [-0.2, 0) is 29.0 Å². The fourth-order valence-corrected chi connectivity index (χ4v) is 5.02. The van der Waals surface area contributed by atoms with Gasteiger partial charge in [0.25, 0.3) is 0 Å². The van der Waals surface area contributed by atoms with E-state index in [1.54, 1.807) is 24.3 Å². The van der Waals surface area contributed by atoms with Gasteiger partial charge in [0.2, 0.25) is 11.8 Å². The Hall–Kier alpha value is -5.11. The number of aromatic nitrogens is 1. The molecule has 1 atom stereocenters. The first-order chi connectivity index (χ1) is 20.9. The van der Waals surface area contributed by atoms with Crippen LogP contribution in [0, 0.1) is 6.92 Å². The Kier molecular flexibility index (Phi) is 9.36. The zero-order chi connectivity index (χ0) is 30.2. The van der Waals surface area contributed by atoms with Gasteiger partial charge in [-0.25, -0.2) is 9.78 Å². The molecule has 2 heterocycles. The van der Waals surface area contributed by atoms with Crippen molar-refractivity contribution in [3.8, 4) is 23.0 Å². The SMILES string of the molecule is CC=CC=CC(=O)N1CCc2ccc(OCCc3nc(-c4ccc(OCc5ccccc5)cc4)oc3C)cc2C1C(=O)O. The summed E-state index contributed by atoms with van der Waals surface area (Å²) in [6.45, 7) is 4.87. The molecule has 1 aliphatic heterocycles. The van der Waals surface area contributed by atoms with Crippen molar-refractivity contribution in [2.24, 2.45) is 0 Å². The molecule has 1 aliphatic rings. The van der Waals surface area contributed by atoms with Gasteiger partial charge in [0.05, 0.1) is 12.3 Å². The van der Waals surface area contributed by atoms with E-state index in [2.05, 4.69) is 4.98 Å². The van der Waals surface area contributed by atoms with Crippen LogP contribution in [0.25, 0.3) is 11.5 Å². The number of nitrogens with zero attached hydrogens (tertiary/aromatic N) is 2. The average molecular weight is 579 g/mol. The van der Waals surface area contributed by atoms with Crippen molar-refractivity contribution in [1.29, 1.82) is 0 Å². The standard InChI is InChI=1S/C35H34N2O6/c1-3-4-6-11-32(38)37-20-18-26-12-17-29(22-30(26)33(37)35(39)40)41-21-19-31-24(2)43-34(36-31)27-13-15-28(16-14-27)42-23-25-9-7-5-8-10-25/h3-17,22,33H,18-21,23H2,1-2H3,(H,39,40). The number of carboxylic acid groups (broad SMARTS) is 1. The number of oxazole rings is 1. The average Bonchev–Trinajstić information content (AvgIpc) is 3.40. The minimum absolute atomic E-state index is 0.324. The molecule has 8 nitrogen and oxygen atoms in total. The molecule has 0 radical (unpaired) electrons. The third-order valence-corrected chi connectivity index (χ3v) is 7.25. The lowest BCUT2D eigenvalue weighted by Crippen LogP contribution is -2.42. The van der Waals surface area contributed by atoms with Crippen LogP contribution in [0.5, 0.6) is 11.5 Å². The number of benzene rings is 3. The van der Waals surface area contributed by atoms with E-state index in [1.165, 1.54) is 11.0 Å². The van der Waals surface area contributed by atoms with E-state index >= 15 is 0 Å². The maximum atomic E-state index is 12.7. The van der Waals surface area contributed by atoms with Gasteiger partial charge in [-0.15, -0.1) is 0 Å². The molecule has 1 unspecified atom stereocenters. The van der Waals surface area contributed by atoms with Crippen molar-refractivity contribution in [3.63, 3.8) is 0 Å². The van der Waals surface area contributed by atoms with Crippen LogP contribution in [0.2, 0.25) is 0 Å². The Balaban J connectivity index is 1.20. The van der Waals surface area contributed by atoms with Gasteiger partial charge in [0.15, 0.2) is 6.04 Å². The van der Waals surface area contributed by atoms with E-state index in [4.69, 9.17) is 13.9 Å². The molecule has 1 aromatic heterocycles. The fraction of sp³-hybridized carbons (Fsp3) is 0.229. The molecule has 43 heavy (non-hydrogen) atoms. The zero-order valence-corrected chi connectivity index (χ0v) is 24.2. The first-order valence-corrected chi connectivity index (χ1v) is 14.2. The molecular weight excluding hydrogens is 544 g/mol. The Morgan fingerprint density at radius 2 is 1.79 bits per heavy atom. The number of carbonyl (C=O) groups excluding carboxylic acids is 1. The predicted molar refractivity (Wildman–Crippen MR) is 163 cm³/mol. The normalized spacial score (nSPS) is 14.7. The summed E-state index contributed by atoms with van der Waals surface area (Å²) in [5.74, 6) is 1.11. The highest BCUT2D eigenvalue weighted by Gasteiger charge is 2.35. The number of ether oxygens (including phenoxy) is 2. The molecule has 0 spiro atoms. The number of fused-ring (bicyclic) bond motifs is 1. The zero-order valence-electron chi connectivity index (χ0n) is 24.2. The van der Waals surface area contributed by atoms with E-state index in [-0.39, 0.29) is 5.91 Å². The van der Waals surface area contributed by atoms with Crippen LogP contribution in [0.15, 0.2) is 102 Å². The molecule has 0 bridgehead atoms. The molecule has 4 aromatic rings. The van der Waals surface area contributed by atoms with Crippen molar-refractivity contribution in [1.82, 2.24) is 9.88 Å². The summed E-state index contributed by atoms with van der Waals surface area (Å²) in [5, 5.41) is 10.0. The Bertz CT molecular complexity index is 1620. The van der Waals surface area contributed by atoms with Crippen molar-refractivity contribution in [3.05, 3.63) is 125 Å². The van der Waals surface area contributed by atoms with E-state index in [0.717, 1.165) is 28.1 Å². The van der Waals surface area contributed by atoms with Crippen molar-refractivity contribution in [2.75, 3.05) is 13.2 Å². The van der Waals surface area contributed by atoms with Gasteiger partial charge >= 0.3 is 5.97 Å². The minimum Gasteiger partial charge on any atom is -0.493 e. The summed E-state index contributed by atoms with van der Waals surface area (Å²) in [7, 11) is 0. The highest BCUT2D eigenvalue weighted by Crippen LogP contribution is 2.33. The molecule has 220 valence electrons. The predicted octanol–water partition coefficient (Wildman–Crippen LogP) is 6.49. The first-order valence-electron chi connectivity index (χ1n) is 14.2. The molecule has 0 aliphatic carbocycles. The largest absolute Gasteiger partial charge is 0.493 e. The maximum Gasteiger partial charge on any atom is 0.331 e. The molecular formula is C35H34N2O6. The van der Waals surface area contributed by atoms with Crippen LogP contribution >= 0.6 is 0 Å². The summed E-state index contributed by atoms with van der Waals surface area (Å²) in [5.41, 5.74) is 4.20. The number of aryl methyl sites for hydroxylation is 1. The van der Waals surface area contributed by atoms with Gasteiger partial charge in [-0.3, -0.25) is 4.79 Å². The number of amides is 1. The number of hydrogen-bond donors (Lipinski definition) is 1. The van der Waals surface area contributed by atoms with E-state index < -0.39 is 12.0 Å². The van der Waals surface area contributed by atoms with E-state index in [1.807, 2.05) is 80.6 Å². The summed E-state index contributed by atoms with van der Waals surface area (Å²) < 4.78 is 17.8. The molecule has 1 N–H and O–H groups in total. The molecule has 8 heteroatoms. The summed E-state index contributed by atoms with van der Waals surface area (Å²) in [6.07, 6.45) is 7.62. The van der Waals surface area contributed by atoms with Crippen LogP contribution in [0.1, 0.15) is 41.1 Å². The molecule has 5 rings (SSSR count). The van der Waals surface area contributed by atoms with Gasteiger partial charge < -0.3 is 23.9 Å². The second kappa shape index (κ2) is 13.7. The third-order valence-electron chi connectivity index (χ3n) is 7.25. The number of aliphatic carboxylic acids is 1. The lowest BCUT2D eigenvalue weighted by Gasteiger charge is -2.34. The summed E-state index contributed by atoms with van der Waals surface area (Å²) >= 11 is 0. The molecule has 0 fully saturated rings. The smallest absolute Gasteiger partial charge is 0.331 e. The highest BCUT2D eigenvalue weighted by molar-refractivity contribution is 5.92. The quantitative estimate of drug-likeness (QED) is 0.160. The van der Waals surface area contributed by atoms with E-state index in [0.29, 0.717) is 55.6 Å². The van der Waals surface area contributed by atoms with Gasteiger partial charge in [0, 0.05) is 24.6 Å². The van der Waals surface area contributed by atoms with Crippen molar-refractivity contribution >= 4 is 11.9 Å². The number of rotatable bonds is 11. The number of hydrogen-bond acceptors (Lipinski definition) is 6. The molecule has 0 saturated carbocycles. The number of carbonyl (C=O) groups is 2. The van der Waals surface area contributed by atoms with Gasteiger partial charge in [0.1, 0.15) is 23.9 Å². The highest BCUT2D eigenvalue weighted by atomic mass is 16.5. The first kappa shape index (κ1) is 29.4. The Morgan fingerprint density at radius 3 is 2.53 bits per heavy atom. The van der Waals surface area contributed by atoms with Crippen LogP contribution in [0.4, 0.5) is 0 Å². The van der Waals surface area contributed by atoms with Crippen molar-refractivity contribution < 1.29 is 28.6 Å². The van der Waals surface area contributed by atoms with Gasteiger partial charge in [-0.05, 0) is 73.4 Å². The van der Waals surface area contributed by atoms with Crippen molar-refractivity contribution in [2.45, 2.75) is 39.3 Å². The monoisotopic (exact) mass is 578 g/mol. The van der Waals surface area contributed by atoms with Crippen LogP contribution in [0.3, 0.4) is 0 Å². The lowest BCUT2D eigenvalue weighted by molar-refractivity contribution is -0.149. The topological polar surface area (TPSA) is 102 Å². The minimum atomic E-state index is -1.08. The fourth-order valence-electron chi connectivity index (χ4n) is 5.02. The second-order valence-corrected chi connectivity index (χ2v) is 10.2. The molecule has 0 saturated heterocycles. The van der Waals surface area contributed by atoms with E-state index in [9.17, 15) is 14.7 Å². The second-order valence-electron chi connectivity index (χ2n) is 10.2. The lowest BCUT2D eigenvalue weighted by atomic mass is 9.92. The Morgan fingerprint density at radius 1 is 1.02 bits per heavy atom.